The van der Waals surface area contributed by atoms with E-state index in [1.54, 1.807) is 10.7 Å². The topological polar surface area (TPSA) is 59.3 Å². The zero-order chi connectivity index (χ0) is 18.0. The van der Waals surface area contributed by atoms with Crippen molar-refractivity contribution < 1.29 is 4.79 Å². The molecular formula is C20H24N4O. The molecule has 0 unspecified atom stereocenters. The number of nitrogens with zero attached hydrogens (tertiary/aromatic N) is 3. The first kappa shape index (κ1) is 17.1. The largest absolute Gasteiger partial charge is 0.352 e. The Morgan fingerprint density at radius 1 is 1.20 bits per heavy atom. The van der Waals surface area contributed by atoms with Gasteiger partial charge in [0.15, 0.2) is 5.65 Å². The molecule has 1 N–H and O–H groups in total. The van der Waals surface area contributed by atoms with Crippen molar-refractivity contribution >= 4 is 11.6 Å². The van der Waals surface area contributed by atoms with Crippen LogP contribution in [0.3, 0.4) is 0 Å². The molecular weight excluding hydrogens is 312 g/mol. The van der Waals surface area contributed by atoms with Gasteiger partial charge in [-0.15, -0.1) is 0 Å². The van der Waals surface area contributed by atoms with Crippen LogP contribution in [0.2, 0.25) is 0 Å². The van der Waals surface area contributed by atoms with Gasteiger partial charge in [-0.25, -0.2) is 9.50 Å². The quantitative estimate of drug-likeness (QED) is 0.787. The van der Waals surface area contributed by atoms with Gasteiger partial charge in [0.25, 0.3) is 5.91 Å². The number of fused-ring (bicyclic) bond motifs is 1. The summed E-state index contributed by atoms with van der Waals surface area (Å²) in [4.78, 5) is 17.1. The van der Waals surface area contributed by atoms with Gasteiger partial charge in [0, 0.05) is 29.8 Å². The van der Waals surface area contributed by atoms with Crippen molar-refractivity contribution in [3.05, 3.63) is 53.9 Å². The molecule has 25 heavy (non-hydrogen) atoms. The highest BCUT2D eigenvalue weighted by Crippen LogP contribution is 2.27. The van der Waals surface area contributed by atoms with Crippen LogP contribution >= 0.6 is 0 Å². The predicted molar refractivity (Wildman–Crippen MR) is 99.7 cm³/mol. The molecule has 0 saturated carbocycles. The minimum atomic E-state index is -0.122. The highest BCUT2D eigenvalue weighted by atomic mass is 16.1. The maximum absolute atomic E-state index is 12.7. The number of aromatic nitrogens is 3. The number of carbonyl (C=O) groups excluding carboxylic acids is 1. The average molecular weight is 336 g/mol. The molecule has 3 aromatic rings. The van der Waals surface area contributed by atoms with Crippen LogP contribution < -0.4 is 5.32 Å². The average Bonchev–Trinajstić information content (AvgIpc) is 3.04. The molecule has 2 aromatic heterocycles. The number of hydrogen-bond acceptors (Lipinski definition) is 3. The maximum atomic E-state index is 12.7. The van der Waals surface area contributed by atoms with Crippen LogP contribution in [0, 0.1) is 0 Å². The molecule has 0 bridgehead atoms. The maximum Gasteiger partial charge on any atom is 0.255 e. The molecule has 3 rings (SSSR count). The van der Waals surface area contributed by atoms with Crippen LogP contribution in [0.5, 0.6) is 0 Å². The summed E-state index contributed by atoms with van der Waals surface area (Å²) < 4.78 is 1.79. The van der Waals surface area contributed by atoms with Crippen molar-refractivity contribution in [3.63, 3.8) is 0 Å². The molecule has 0 atom stereocenters. The van der Waals surface area contributed by atoms with Crippen molar-refractivity contribution in [1.82, 2.24) is 19.9 Å². The molecule has 5 nitrogen and oxygen atoms in total. The van der Waals surface area contributed by atoms with E-state index in [0.717, 1.165) is 29.0 Å². The highest BCUT2D eigenvalue weighted by Gasteiger charge is 2.22. The van der Waals surface area contributed by atoms with Crippen molar-refractivity contribution in [2.24, 2.45) is 0 Å². The summed E-state index contributed by atoms with van der Waals surface area (Å²) >= 11 is 0. The summed E-state index contributed by atoms with van der Waals surface area (Å²) in [6, 6.07) is 11.9. The van der Waals surface area contributed by atoms with Crippen LogP contribution in [-0.2, 0) is 5.41 Å². The van der Waals surface area contributed by atoms with Crippen LogP contribution in [0.1, 0.15) is 50.2 Å². The molecule has 0 radical (unpaired) electrons. The van der Waals surface area contributed by atoms with Crippen molar-refractivity contribution in [2.45, 2.75) is 39.5 Å². The van der Waals surface area contributed by atoms with Gasteiger partial charge in [-0.2, -0.15) is 5.10 Å². The predicted octanol–water partition coefficient (Wildman–Crippen LogP) is 3.83. The summed E-state index contributed by atoms with van der Waals surface area (Å²) in [5, 5.41) is 7.70. The number of amides is 1. The standard InChI is InChI=1S/C20H24N4O/c1-5-11-21-19(25)15-13-22-17-12-16(20(2,3)4)23-24(17)18(15)14-9-7-6-8-10-14/h6-10,12-13H,5,11H2,1-4H3,(H,21,25). The van der Waals surface area contributed by atoms with Crippen molar-refractivity contribution in [3.8, 4) is 11.3 Å². The number of rotatable bonds is 4. The Morgan fingerprint density at radius 2 is 1.92 bits per heavy atom. The first-order chi connectivity index (χ1) is 11.9. The third-order valence-corrected chi connectivity index (χ3v) is 4.08. The second-order valence-corrected chi connectivity index (χ2v) is 7.19. The number of nitrogens with one attached hydrogen (secondary N) is 1. The first-order valence-corrected chi connectivity index (χ1v) is 8.64. The molecule has 1 amide bonds. The van der Waals surface area contributed by atoms with Crippen LogP contribution in [-0.4, -0.2) is 27.0 Å². The fourth-order valence-electron chi connectivity index (χ4n) is 2.67. The van der Waals surface area contributed by atoms with Crippen molar-refractivity contribution in [2.75, 3.05) is 6.54 Å². The molecule has 0 spiro atoms. The highest BCUT2D eigenvalue weighted by molar-refractivity contribution is 6.00. The molecule has 0 fully saturated rings. The SMILES string of the molecule is CCCNC(=O)c1cnc2cc(C(C)(C)C)nn2c1-c1ccccc1. The van der Waals surface area contributed by atoms with E-state index in [1.165, 1.54) is 0 Å². The van der Waals surface area contributed by atoms with E-state index < -0.39 is 0 Å². The van der Waals surface area contributed by atoms with E-state index in [1.807, 2.05) is 43.3 Å². The fraction of sp³-hybridized carbons (Fsp3) is 0.350. The normalized spacial score (nSPS) is 11.7. The van der Waals surface area contributed by atoms with E-state index in [9.17, 15) is 4.79 Å². The van der Waals surface area contributed by atoms with Gasteiger partial charge >= 0.3 is 0 Å². The minimum Gasteiger partial charge on any atom is -0.352 e. The smallest absolute Gasteiger partial charge is 0.255 e. The van der Waals surface area contributed by atoms with Gasteiger partial charge < -0.3 is 5.32 Å². The lowest BCUT2D eigenvalue weighted by atomic mass is 9.93. The van der Waals surface area contributed by atoms with Gasteiger partial charge in [0.2, 0.25) is 0 Å². The number of hydrogen-bond donors (Lipinski definition) is 1. The summed E-state index contributed by atoms with van der Waals surface area (Å²) in [6.45, 7) is 9.02. The zero-order valence-corrected chi connectivity index (χ0v) is 15.2. The second kappa shape index (κ2) is 6.67. The molecule has 0 saturated heterocycles. The Balaban J connectivity index is 2.24. The monoisotopic (exact) mass is 336 g/mol. The Labute approximate surface area is 148 Å². The Bertz CT molecular complexity index is 891. The summed E-state index contributed by atoms with van der Waals surface area (Å²) in [5.41, 5.74) is 3.86. The fourth-order valence-corrected chi connectivity index (χ4v) is 2.67. The Morgan fingerprint density at radius 3 is 2.56 bits per heavy atom. The van der Waals surface area contributed by atoms with Crippen LogP contribution in [0.4, 0.5) is 0 Å². The Kier molecular flexibility index (Phi) is 4.57. The third-order valence-electron chi connectivity index (χ3n) is 4.08. The molecule has 0 aliphatic carbocycles. The van der Waals surface area contributed by atoms with Crippen molar-refractivity contribution in [1.29, 1.82) is 0 Å². The van der Waals surface area contributed by atoms with Gasteiger partial charge in [0.05, 0.1) is 17.0 Å². The summed E-state index contributed by atoms with van der Waals surface area (Å²) in [7, 11) is 0. The first-order valence-electron chi connectivity index (χ1n) is 8.64. The van der Waals surface area contributed by atoms with Gasteiger partial charge in [-0.05, 0) is 6.42 Å². The summed E-state index contributed by atoms with van der Waals surface area (Å²) in [5.74, 6) is -0.122. The summed E-state index contributed by atoms with van der Waals surface area (Å²) in [6.07, 6.45) is 2.54. The van der Waals surface area contributed by atoms with E-state index >= 15 is 0 Å². The van der Waals surface area contributed by atoms with E-state index in [0.29, 0.717) is 12.1 Å². The lowest BCUT2D eigenvalue weighted by Gasteiger charge is -2.14. The van der Waals surface area contributed by atoms with Gasteiger partial charge in [-0.1, -0.05) is 58.0 Å². The lowest BCUT2D eigenvalue weighted by Crippen LogP contribution is -2.25. The number of benzene rings is 1. The van der Waals surface area contributed by atoms with Crippen LogP contribution in [0.25, 0.3) is 16.9 Å². The molecule has 0 aliphatic heterocycles. The third kappa shape index (κ3) is 3.40. The second-order valence-electron chi connectivity index (χ2n) is 7.19. The zero-order valence-electron chi connectivity index (χ0n) is 15.2. The lowest BCUT2D eigenvalue weighted by molar-refractivity contribution is 0.0953. The number of carbonyl (C=O) groups is 1. The van der Waals surface area contributed by atoms with Gasteiger partial charge in [-0.3, -0.25) is 4.79 Å². The molecule has 1 aromatic carbocycles. The molecule has 0 aliphatic rings. The molecule has 130 valence electrons. The molecule has 5 heteroatoms. The van der Waals surface area contributed by atoms with Crippen LogP contribution in [0.15, 0.2) is 42.6 Å². The van der Waals surface area contributed by atoms with E-state index in [4.69, 9.17) is 5.10 Å². The van der Waals surface area contributed by atoms with E-state index in [2.05, 4.69) is 31.1 Å². The minimum absolute atomic E-state index is 0.0910. The molecule has 2 heterocycles. The van der Waals surface area contributed by atoms with Gasteiger partial charge in [0.1, 0.15) is 0 Å². The Hall–Kier alpha value is -2.69. The van der Waals surface area contributed by atoms with E-state index in [-0.39, 0.29) is 11.3 Å².